The number of hydrogen-bond donors (Lipinski definition) is 4. The number of anilines is 2. The van der Waals surface area contributed by atoms with Crippen LogP contribution in [0.2, 0.25) is 0 Å². The second kappa shape index (κ2) is 8.36. The van der Waals surface area contributed by atoms with Gasteiger partial charge in [-0.15, -0.1) is 0 Å². The van der Waals surface area contributed by atoms with E-state index in [1.54, 1.807) is 18.3 Å². The number of amides is 1. The first kappa shape index (κ1) is 20.4. The lowest BCUT2D eigenvalue weighted by molar-refractivity contribution is -0.137. The van der Waals surface area contributed by atoms with Crippen molar-refractivity contribution >= 4 is 45.9 Å². The van der Waals surface area contributed by atoms with E-state index in [-0.39, 0.29) is 48.3 Å². The van der Waals surface area contributed by atoms with Crippen molar-refractivity contribution in [3.8, 4) is 0 Å². The number of nitrogen functional groups attached to an aromatic ring is 1. The van der Waals surface area contributed by atoms with Gasteiger partial charge in [0.25, 0.3) is 0 Å². The Hall–Kier alpha value is -3.33. The number of halogens is 1. The van der Waals surface area contributed by atoms with Gasteiger partial charge in [-0.25, -0.2) is 9.37 Å². The third-order valence-corrected chi connectivity index (χ3v) is 4.85. The second-order valence-corrected chi connectivity index (χ2v) is 6.94. The van der Waals surface area contributed by atoms with Gasteiger partial charge in [-0.3, -0.25) is 14.6 Å². The van der Waals surface area contributed by atoms with Gasteiger partial charge in [-0.2, -0.15) is 0 Å². The first-order chi connectivity index (χ1) is 13.8. The molecule has 9 heteroatoms. The van der Waals surface area contributed by atoms with Crippen LogP contribution in [-0.4, -0.2) is 40.8 Å². The molecular weight excluding hydrogens is 377 g/mol. The number of fused-ring (bicyclic) bond motifs is 1. The molecule has 1 aliphatic heterocycles. The molecule has 0 saturated carbocycles. The SMILES string of the molecule is CC1=C(c2cc3cc(NC(=O)CCCC(=O)O)ncc3c(N)c2F)C=NCC1N. The van der Waals surface area contributed by atoms with Crippen LogP contribution in [-0.2, 0) is 9.59 Å². The summed E-state index contributed by atoms with van der Waals surface area (Å²) < 4.78 is 14.9. The summed E-state index contributed by atoms with van der Waals surface area (Å²) in [5, 5.41) is 12.3. The highest BCUT2D eigenvalue weighted by Crippen LogP contribution is 2.33. The monoisotopic (exact) mass is 399 g/mol. The number of pyridine rings is 1. The maximum absolute atomic E-state index is 14.9. The normalized spacial score (nSPS) is 16.3. The molecule has 1 aromatic carbocycles. The standard InChI is InChI=1S/C20H22FN5O3/c1-10-13(7-24-9-15(10)22)12-5-11-6-16(25-8-14(11)20(23)19(12)21)26-17(27)3-2-4-18(28)29/h5-8,15H,2-4,9,22-23H2,1H3,(H,28,29)(H,25,26,27). The average Bonchev–Trinajstić information content (AvgIpc) is 2.66. The second-order valence-electron chi connectivity index (χ2n) is 6.94. The summed E-state index contributed by atoms with van der Waals surface area (Å²) in [6.07, 6.45) is 3.18. The minimum absolute atomic E-state index is 0.0443. The Morgan fingerprint density at radius 1 is 1.34 bits per heavy atom. The van der Waals surface area contributed by atoms with E-state index in [1.165, 1.54) is 6.20 Å². The van der Waals surface area contributed by atoms with E-state index in [9.17, 15) is 14.0 Å². The molecule has 6 N–H and O–H groups in total. The number of allylic oxidation sites excluding steroid dienone is 1. The Labute approximate surface area is 166 Å². The molecule has 2 aromatic rings. The summed E-state index contributed by atoms with van der Waals surface area (Å²) in [5.41, 5.74) is 13.7. The zero-order valence-corrected chi connectivity index (χ0v) is 15.9. The van der Waals surface area contributed by atoms with E-state index in [1.807, 2.05) is 6.92 Å². The molecule has 1 unspecified atom stereocenters. The molecule has 0 bridgehead atoms. The van der Waals surface area contributed by atoms with E-state index in [0.29, 0.717) is 22.9 Å². The maximum Gasteiger partial charge on any atom is 0.303 e. The molecule has 8 nitrogen and oxygen atoms in total. The molecule has 0 saturated heterocycles. The first-order valence-electron chi connectivity index (χ1n) is 9.14. The Balaban J connectivity index is 1.93. The number of carbonyl (C=O) groups is 2. The molecule has 0 fully saturated rings. The fourth-order valence-corrected chi connectivity index (χ4v) is 3.15. The number of benzene rings is 1. The van der Waals surface area contributed by atoms with E-state index in [2.05, 4.69) is 15.3 Å². The lowest BCUT2D eigenvalue weighted by atomic mass is 9.93. The Morgan fingerprint density at radius 2 is 2.10 bits per heavy atom. The molecule has 152 valence electrons. The molecule has 2 heterocycles. The number of aliphatic carboxylic acids is 1. The number of carbonyl (C=O) groups excluding carboxylic acids is 1. The third kappa shape index (κ3) is 4.40. The first-order valence-corrected chi connectivity index (χ1v) is 9.14. The Kier molecular flexibility index (Phi) is 5.88. The minimum Gasteiger partial charge on any atom is -0.481 e. The lowest BCUT2D eigenvalue weighted by Crippen LogP contribution is -2.28. The highest BCUT2D eigenvalue weighted by molar-refractivity contribution is 6.14. The van der Waals surface area contributed by atoms with E-state index in [0.717, 1.165) is 5.57 Å². The summed E-state index contributed by atoms with van der Waals surface area (Å²) in [4.78, 5) is 30.8. The van der Waals surface area contributed by atoms with Crippen LogP contribution in [0.1, 0.15) is 31.7 Å². The Bertz CT molecular complexity index is 1050. The summed E-state index contributed by atoms with van der Waals surface area (Å²) in [6, 6.07) is 2.94. The van der Waals surface area contributed by atoms with E-state index >= 15 is 0 Å². The number of aliphatic imine (C=N–C) groups is 1. The summed E-state index contributed by atoms with van der Waals surface area (Å²) in [7, 11) is 0. The molecule has 0 spiro atoms. The number of nitrogens with zero attached hydrogens (tertiary/aromatic N) is 2. The Morgan fingerprint density at radius 3 is 2.83 bits per heavy atom. The van der Waals surface area contributed by atoms with Crippen LogP contribution in [0.4, 0.5) is 15.9 Å². The van der Waals surface area contributed by atoms with Crippen LogP contribution in [0.25, 0.3) is 16.3 Å². The van der Waals surface area contributed by atoms with Gasteiger partial charge in [0.1, 0.15) is 5.82 Å². The van der Waals surface area contributed by atoms with Crippen LogP contribution >= 0.6 is 0 Å². The van der Waals surface area contributed by atoms with E-state index < -0.39 is 11.8 Å². The number of dihydropyridines is 1. The van der Waals surface area contributed by atoms with Crippen LogP contribution in [0.3, 0.4) is 0 Å². The quantitative estimate of drug-likeness (QED) is 0.549. The average molecular weight is 399 g/mol. The smallest absolute Gasteiger partial charge is 0.303 e. The summed E-state index contributed by atoms with van der Waals surface area (Å²) in [5.74, 6) is -1.60. The number of nitrogens with one attached hydrogen (secondary N) is 1. The van der Waals surface area contributed by atoms with E-state index in [4.69, 9.17) is 16.6 Å². The van der Waals surface area contributed by atoms with Crippen molar-refractivity contribution in [3.05, 3.63) is 35.3 Å². The van der Waals surface area contributed by atoms with Crippen molar-refractivity contribution < 1.29 is 19.1 Å². The summed E-state index contributed by atoms with van der Waals surface area (Å²) in [6.45, 7) is 2.28. The molecule has 1 aromatic heterocycles. The van der Waals surface area contributed by atoms with Crippen molar-refractivity contribution in [2.24, 2.45) is 10.7 Å². The van der Waals surface area contributed by atoms with Gasteiger partial charge in [0.15, 0.2) is 5.82 Å². The number of hydrogen-bond acceptors (Lipinski definition) is 6. The predicted octanol–water partition coefficient (Wildman–Crippen LogP) is 2.33. The number of carboxylic acids is 1. The molecular formula is C20H22FN5O3. The van der Waals surface area contributed by atoms with Gasteiger partial charge in [-0.05, 0) is 36.4 Å². The minimum atomic E-state index is -0.956. The van der Waals surface area contributed by atoms with Gasteiger partial charge in [0.05, 0.1) is 12.2 Å². The third-order valence-electron chi connectivity index (χ3n) is 4.85. The number of rotatable bonds is 6. The highest BCUT2D eigenvalue weighted by Gasteiger charge is 2.20. The molecule has 0 radical (unpaired) electrons. The highest BCUT2D eigenvalue weighted by atomic mass is 19.1. The van der Waals surface area contributed by atoms with Crippen LogP contribution in [0.5, 0.6) is 0 Å². The van der Waals surface area contributed by atoms with Gasteiger partial charge in [-0.1, -0.05) is 0 Å². The van der Waals surface area contributed by atoms with Crippen molar-refractivity contribution in [3.63, 3.8) is 0 Å². The zero-order valence-electron chi connectivity index (χ0n) is 15.9. The molecule has 1 atom stereocenters. The predicted molar refractivity (Wildman–Crippen MR) is 110 cm³/mol. The van der Waals surface area contributed by atoms with Gasteiger partial charge in [0, 0.05) is 47.8 Å². The van der Waals surface area contributed by atoms with Gasteiger partial charge < -0.3 is 21.9 Å². The lowest BCUT2D eigenvalue weighted by Gasteiger charge is -2.20. The van der Waals surface area contributed by atoms with Crippen LogP contribution in [0.15, 0.2) is 28.9 Å². The van der Waals surface area contributed by atoms with Crippen molar-refractivity contribution in [1.82, 2.24) is 4.98 Å². The molecule has 1 amide bonds. The molecule has 29 heavy (non-hydrogen) atoms. The fourth-order valence-electron chi connectivity index (χ4n) is 3.15. The molecule has 1 aliphatic rings. The van der Waals surface area contributed by atoms with Crippen LogP contribution in [0, 0.1) is 5.82 Å². The maximum atomic E-state index is 14.9. The van der Waals surface area contributed by atoms with Gasteiger partial charge in [0.2, 0.25) is 5.91 Å². The zero-order chi connectivity index (χ0) is 21.1. The number of nitrogens with two attached hydrogens (primary N) is 2. The fraction of sp³-hybridized carbons (Fsp3) is 0.300. The van der Waals surface area contributed by atoms with Crippen molar-refractivity contribution in [1.29, 1.82) is 0 Å². The van der Waals surface area contributed by atoms with Gasteiger partial charge >= 0.3 is 5.97 Å². The topological polar surface area (TPSA) is 144 Å². The molecule has 0 aliphatic carbocycles. The van der Waals surface area contributed by atoms with Crippen LogP contribution < -0.4 is 16.8 Å². The number of aromatic nitrogens is 1. The largest absolute Gasteiger partial charge is 0.481 e. The molecule has 3 rings (SSSR count). The van der Waals surface area contributed by atoms with Crippen molar-refractivity contribution in [2.45, 2.75) is 32.2 Å². The summed E-state index contributed by atoms with van der Waals surface area (Å²) >= 11 is 0. The number of carboxylic acid groups (broad SMARTS) is 1. The van der Waals surface area contributed by atoms with Crippen molar-refractivity contribution in [2.75, 3.05) is 17.6 Å².